The van der Waals surface area contributed by atoms with E-state index in [0.717, 1.165) is 18.5 Å². The number of piperidine rings is 1. The van der Waals surface area contributed by atoms with E-state index in [-0.39, 0.29) is 48.9 Å². The maximum absolute atomic E-state index is 14.0. The smallest absolute Gasteiger partial charge is 0.408 e. The van der Waals surface area contributed by atoms with Crippen LogP contribution in [0.5, 0.6) is 0 Å². The minimum Gasteiger partial charge on any atom is -0.467 e. The molecule has 288 valence electrons. The van der Waals surface area contributed by atoms with Gasteiger partial charge in [-0.2, -0.15) is 0 Å². The SMILES string of the molecule is COC(=O)[C@@H]1CCC2CCN(C(=O)C3CCC(CNc4ccc5c(c4)n(C)c(=O)n5C4CCC(=O)NC4=O)CC3)C[C@H](NC(=O)OC(C)(C)C)C(=O)N21. The highest BCUT2D eigenvalue weighted by atomic mass is 16.6. The number of aromatic nitrogens is 2. The first-order valence-electron chi connectivity index (χ1n) is 18.6. The minimum absolute atomic E-state index is 0.0221. The average Bonchev–Trinajstić information content (AvgIpc) is 3.64. The van der Waals surface area contributed by atoms with Gasteiger partial charge in [0.2, 0.25) is 23.6 Å². The highest BCUT2D eigenvalue weighted by Gasteiger charge is 2.46. The van der Waals surface area contributed by atoms with Gasteiger partial charge in [-0.15, -0.1) is 0 Å². The lowest BCUT2D eigenvalue weighted by Crippen LogP contribution is -2.61. The molecule has 53 heavy (non-hydrogen) atoms. The second kappa shape index (κ2) is 15.2. The predicted octanol–water partition coefficient (Wildman–Crippen LogP) is 2.19. The summed E-state index contributed by atoms with van der Waals surface area (Å²) in [4.78, 5) is 94.0. The van der Waals surface area contributed by atoms with Crippen LogP contribution in [0.4, 0.5) is 10.5 Å². The number of alkyl carbamates (subject to hydrolysis) is 1. The topological polar surface area (TPSA) is 190 Å². The summed E-state index contributed by atoms with van der Waals surface area (Å²) in [6, 6.07) is 2.76. The van der Waals surface area contributed by atoms with Crippen molar-refractivity contribution in [3.05, 3.63) is 28.7 Å². The molecule has 2 unspecified atom stereocenters. The van der Waals surface area contributed by atoms with Crippen LogP contribution in [0.25, 0.3) is 11.0 Å². The van der Waals surface area contributed by atoms with Gasteiger partial charge in [0, 0.05) is 44.2 Å². The third-order valence-corrected chi connectivity index (χ3v) is 11.1. The fourth-order valence-corrected chi connectivity index (χ4v) is 8.34. The maximum Gasteiger partial charge on any atom is 0.408 e. The summed E-state index contributed by atoms with van der Waals surface area (Å²) in [7, 11) is 2.95. The number of carbonyl (C=O) groups is 6. The number of nitrogens with one attached hydrogen (secondary N) is 3. The predicted molar refractivity (Wildman–Crippen MR) is 193 cm³/mol. The van der Waals surface area contributed by atoms with Gasteiger partial charge in [0.1, 0.15) is 23.7 Å². The molecule has 1 aliphatic carbocycles. The van der Waals surface area contributed by atoms with Crippen LogP contribution in [0.3, 0.4) is 0 Å². The number of anilines is 1. The molecule has 3 saturated heterocycles. The molecule has 4 aliphatic rings. The number of hydrogen-bond donors (Lipinski definition) is 3. The normalized spacial score (nSPS) is 26.7. The van der Waals surface area contributed by atoms with E-state index < -0.39 is 47.6 Å². The summed E-state index contributed by atoms with van der Waals surface area (Å²) < 4.78 is 13.4. The highest BCUT2D eigenvalue weighted by Crippen LogP contribution is 2.34. The fraction of sp³-hybridized carbons (Fsp3) is 0.649. The Morgan fingerprint density at radius 1 is 0.943 bits per heavy atom. The minimum atomic E-state index is -1.08. The van der Waals surface area contributed by atoms with Crippen LogP contribution in [-0.2, 0) is 40.5 Å². The molecule has 1 saturated carbocycles. The van der Waals surface area contributed by atoms with Crippen molar-refractivity contribution in [2.24, 2.45) is 18.9 Å². The molecule has 3 N–H and O–H groups in total. The van der Waals surface area contributed by atoms with E-state index >= 15 is 0 Å². The van der Waals surface area contributed by atoms with Crippen LogP contribution in [0.15, 0.2) is 23.0 Å². The number of methoxy groups -OCH3 is 1. The lowest BCUT2D eigenvalue weighted by molar-refractivity contribution is -0.155. The maximum atomic E-state index is 14.0. The third kappa shape index (κ3) is 8.05. The molecule has 4 atom stereocenters. The van der Waals surface area contributed by atoms with Crippen molar-refractivity contribution in [1.82, 2.24) is 29.6 Å². The van der Waals surface area contributed by atoms with E-state index in [0.29, 0.717) is 62.1 Å². The summed E-state index contributed by atoms with van der Waals surface area (Å²) in [6.07, 6.45) is 4.25. The molecule has 0 bridgehead atoms. The molecular formula is C37H51N7O9. The molecule has 6 rings (SSSR count). The summed E-state index contributed by atoms with van der Waals surface area (Å²) in [6.45, 7) is 6.22. The number of nitrogens with zero attached hydrogens (tertiary/aromatic N) is 4. The summed E-state index contributed by atoms with van der Waals surface area (Å²) in [5.41, 5.74) is 1.01. The molecule has 3 aliphatic heterocycles. The number of rotatable bonds is 7. The van der Waals surface area contributed by atoms with Gasteiger partial charge < -0.3 is 29.9 Å². The second-order valence-corrected chi connectivity index (χ2v) is 15.8. The van der Waals surface area contributed by atoms with Crippen molar-refractivity contribution in [3.63, 3.8) is 0 Å². The first-order chi connectivity index (χ1) is 25.1. The van der Waals surface area contributed by atoms with E-state index in [1.165, 1.54) is 16.2 Å². The van der Waals surface area contributed by atoms with Crippen molar-refractivity contribution >= 4 is 52.4 Å². The van der Waals surface area contributed by atoms with Crippen LogP contribution < -0.4 is 21.6 Å². The molecule has 1 aromatic carbocycles. The lowest BCUT2D eigenvalue weighted by atomic mass is 9.81. The summed E-state index contributed by atoms with van der Waals surface area (Å²) in [5.74, 6) is -1.68. The standard InChI is InChI=1S/C37H51N7O9/c1-37(2,3)53-35(50)39-25-20-42(17-16-24-11-13-28(34(49)52-5)43(24)33(25)48)32(47)22-8-6-21(7-9-22)19-38-23-10-12-26-29(18-23)41(4)36(51)44(26)27-14-15-30(45)40-31(27)46/h10,12,18,21-22,24-25,27-28,38H,6-9,11,13-17,19-20H2,1-5H3,(H,39,50)(H,40,45,46)/t21?,22?,24?,25-,27?,28-/m0/s1. The van der Waals surface area contributed by atoms with E-state index in [2.05, 4.69) is 16.0 Å². The Kier molecular flexibility index (Phi) is 10.9. The monoisotopic (exact) mass is 737 g/mol. The van der Waals surface area contributed by atoms with E-state index in [1.54, 1.807) is 37.6 Å². The molecule has 0 spiro atoms. The van der Waals surface area contributed by atoms with Gasteiger partial charge in [-0.1, -0.05) is 0 Å². The largest absolute Gasteiger partial charge is 0.467 e. The molecule has 0 radical (unpaired) electrons. The Bertz CT molecular complexity index is 1840. The summed E-state index contributed by atoms with van der Waals surface area (Å²) >= 11 is 0. The molecule has 2 aromatic rings. The van der Waals surface area contributed by atoms with Crippen molar-refractivity contribution < 1.29 is 38.2 Å². The molecule has 1 aromatic heterocycles. The Labute approximate surface area is 307 Å². The van der Waals surface area contributed by atoms with Gasteiger partial charge >= 0.3 is 17.8 Å². The van der Waals surface area contributed by atoms with Crippen LogP contribution in [-0.4, -0.2) is 105 Å². The van der Waals surface area contributed by atoms with Gasteiger partial charge in [0.25, 0.3) is 0 Å². The third-order valence-electron chi connectivity index (χ3n) is 11.1. The van der Waals surface area contributed by atoms with Crippen molar-refractivity contribution in [1.29, 1.82) is 0 Å². The zero-order valence-corrected chi connectivity index (χ0v) is 31.1. The van der Waals surface area contributed by atoms with Gasteiger partial charge in [-0.3, -0.25) is 33.6 Å². The average molecular weight is 738 g/mol. The number of imide groups is 1. The fourth-order valence-electron chi connectivity index (χ4n) is 8.34. The van der Waals surface area contributed by atoms with E-state index in [4.69, 9.17) is 9.47 Å². The van der Waals surface area contributed by atoms with E-state index in [9.17, 15) is 33.6 Å². The Hall–Kier alpha value is -4.89. The molecule has 4 heterocycles. The second-order valence-electron chi connectivity index (χ2n) is 15.8. The number of amides is 5. The van der Waals surface area contributed by atoms with E-state index in [1.807, 2.05) is 18.2 Å². The van der Waals surface area contributed by atoms with Gasteiger partial charge in [0.05, 0.1) is 24.7 Å². The molecule has 16 heteroatoms. The number of carbonyl (C=O) groups excluding carboxylic acids is 6. The van der Waals surface area contributed by atoms with Crippen molar-refractivity contribution in [2.75, 3.05) is 32.1 Å². The molecular weight excluding hydrogens is 686 g/mol. The van der Waals surface area contributed by atoms with Crippen LogP contribution in [0.1, 0.15) is 84.6 Å². The first kappa shape index (κ1) is 37.9. The first-order valence-corrected chi connectivity index (χ1v) is 18.6. The number of fused-ring (bicyclic) bond motifs is 2. The number of benzene rings is 1. The summed E-state index contributed by atoms with van der Waals surface area (Å²) in [5, 5.41) is 8.51. The van der Waals surface area contributed by atoms with Crippen molar-refractivity contribution in [3.8, 4) is 0 Å². The Morgan fingerprint density at radius 3 is 2.36 bits per heavy atom. The van der Waals surface area contributed by atoms with Gasteiger partial charge in [-0.25, -0.2) is 14.4 Å². The molecule has 4 fully saturated rings. The zero-order valence-electron chi connectivity index (χ0n) is 31.1. The number of ether oxygens (including phenoxy) is 2. The van der Waals surface area contributed by atoms with Gasteiger partial charge in [0.15, 0.2) is 0 Å². The zero-order chi connectivity index (χ0) is 38.2. The number of esters is 1. The van der Waals surface area contributed by atoms with Gasteiger partial charge in [-0.05, 0) is 96.3 Å². The van der Waals surface area contributed by atoms with Crippen LogP contribution >= 0.6 is 0 Å². The number of aryl methyl sites for hydroxylation is 1. The van der Waals surface area contributed by atoms with Crippen LogP contribution in [0, 0.1) is 11.8 Å². The Morgan fingerprint density at radius 2 is 1.68 bits per heavy atom. The molecule has 5 amide bonds. The number of hydrogen-bond acceptors (Lipinski definition) is 10. The Balaban J connectivity index is 1.08. The molecule has 16 nitrogen and oxygen atoms in total. The highest BCUT2D eigenvalue weighted by molar-refractivity contribution is 6.00. The van der Waals surface area contributed by atoms with Crippen LogP contribution in [0.2, 0.25) is 0 Å². The number of imidazole rings is 1. The van der Waals surface area contributed by atoms with Crippen molar-refractivity contribution in [2.45, 2.75) is 108 Å². The quantitative estimate of drug-likeness (QED) is 0.281. The lowest BCUT2D eigenvalue weighted by Gasteiger charge is -2.40.